The second-order valence-electron chi connectivity index (χ2n) is 8.67. The van der Waals surface area contributed by atoms with Gasteiger partial charge in [-0.2, -0.15) is 0 Å². The zero-order chi connectivity index (χ0) is 23.5. The molecule has 174 valence electrons. The number of aryl methyl sites for hydroxylation is 1. The van der Waals surface area contributed by atoms with Crippen LogP contribution in [0.3, 0.4) is 0 Å². The fourth-order valence-electron chi connectivity index (χ4n) is 4.46. The molecule has 1 N–H and O–H groups in total. The second kappa shape index (κ2) is 9.51. The zero-order valence-corrected chi connectivity index (χ0v) is 19.1. The standard InChI is InChI=1S/C26H27N5O3/c1-18-11-12-21(34-18)15-28-25(32)20-9-6-14-30(17-20)24-26(33)31(16-19-7-3-2-4-8-19)23-22(29-24)10-5-13-27-23/h2-5,7-8,10-13,20H,6,9,14-17H2,1H3,(H,28,32). The van der Waals surface area contributed by atoms with Crippen LogP contribution in [0.1, 0.15) is 29.9 Å². The van der Waals surface area contributed by atoms with Gasteiger partial charge in [0.2, 0.25) is 5.91 Å². The summed E-state index contributed by atoms with van der Waals surface area (Å²) in [6.07, 6.45) is 3.25. The van der Waals surface area contributed by atoms with Crippen LogP contribution in [-0.2, 0) is 17.9 Å². The van der Waals surface area contributed by atoms with E-state index < -0.39 is 0 Å². The zero-order valence-electron chi connectivity index (χ0n) is 19.1. The molecule has 1 aliphatic heterocycles. The highest BCUT2D eigenvalue weighted by Crippen LogP contribution is 2.22. The average molecular weight is 458 g/mol. The quantitative estimate of drug-likeness (QED) is 0.478. The minimum atomic E-state index is -0.224. The van der Waals surface area contributed by atoms with Gasteiger partial charge in [-0.1, -0.05) is 30.3 Å². The van der Waals surface area contributed by atoms with Crippen molar-refractivity contribution in [2.75, 3.05) is 18.0 Å². The van der Waals surface area contributed by atoms with Crippen molar-refractivity contribution in [1.29, 1.82) is 0 Å². The van der Waals surface area contributed by atoms with Crippen LogP contribution in [0.5, 0.6) is 0 Å². The first-order valence-electron chi connectivity index (χ1n) is 11.6. The molecule has 8 heteroatoms. The van der Waals surface area contributed by atoms with Crippen LogP contribution in [0, 0.1) is 12.8 Å². The lowest BCUT2D eigenvalue weighted by Gasteiger charge is -2.32. The molecule has 0 aliphatic carbocycles. The molecule has 3 aromatic heterocycles. The molecule has 1 aromatic carbocycles. The lowest BCUT2D eigenvalue weighted by Crippen LogP contribution is -2.45. The molecule has 8 nitrogen and oxygen atoms in total. The van der Waals surface area contributed by atoms with Crippen molar-refractivity contribution < 1.29 is 9.21 Å². The van der Waals surface area contributed by atoms with Crippen molar-refractivity contribution in [1.82, 2.24) is 19.9 Å². The maximum absolute atomic E-state index is 13.6. The molecule has 0 saturated carbocycles. The van der Waals surface area contributed by atoms with E-state index in [1.165, 1.54) is 0 Å². The predicted molar refractivity (Wildman–Crippen MR) is 130 cm³/mol. The van der Waals surface area contributed by atoms with Gasteiger partial charge in [0.25, 0.3) is 5.56 Å². The van der Waals surface area contributed by atoms with Crippen molar-refractivity contribution in [3.05, 3.63) is 88.2 Å². The first-order chi connectivity index (χ1) is 16.6. The number of hydrogen-bond donors (Lipinski definition) is 1. The van der Waals surface area contributed by atoms with Gasteiger partial charge in [0.1, 0.15) is 17.0 Å². The van der Waals surface area contributed by atoms with Crippen LogP contribution in [0.25, 0.3) is 11.2 Å². The topological polar surface area (TPSA) is 93.3 Å². The van der Waals surface area contributed by atoms with Crippen molar-refractivity contribution in [3.8, 4) is 0 Å². The number of aromatic nitrogens is 3. The van der Waals surface area contributed by atoms with E-state index in [0.29, 0.717) is 43.2 Å². The molecule has 5 rings (SSSR count). The Morgan fingerprint density at radius 3 is 2.79 bits per heavy atom. The van der Waals surface area contributed by atoms with Gasteiger partial charge in [0, 0.05) is 19.3 Å². The second-order valence-corrected chi connectivity index (χ2v) is 8.67. The molecule has 4 aromatic rings. The smallest absolute Gasteiger partial charge is 0.295 e. The molecule has 1 fully saturated rings. The number of fused-ring (bicyclic) bond motifs is 1. The molecule has 1 aliphatic rings. The molecule has 4 heterocycles. The Balaban J connectivity index is 1.40. The predicted octanol–water partition coefficient (Wildman–Crippen LogP) is 3.27. The van der Waals surface area contributed by atoms with E-state index in [1.807, 2.05) is 66.4 Å². The van der Waals surface area contributed by atoms with E-state index in [1.54, 1.807) is 10.8 Å². The van der Waals surface area contributed by atoms with Gasteiger partial charge < -0.3 is 14.6 Å². The van der Waals surface area contributed by atoms with Crippen LogP contribution in [0.15, 0.2) is 70.0 Å². The van der Waals surface area contributed by atoms with Crippen LogP contribution >= 0.6 is 0 Å². The number of rotatable bonds is 6. The van der Waals surface area contributed by atoms with Crippen molar-refractivity contribution in [2.45, 2.75) is 32.9 Å². The Hall–Kier alpha value is -3.94. The van der Waals surface area contributed by atoms with Gasteiger partial charge in [-0.05, 0) is 49.6 Å². The van der Waals surface area contributed by atoms with Crippen LogP contribution in [0.2, 0.25) is 0 Å². The third-order valence-electron chi connectivity index (χ3n) is 6.19. The number of piperidine rings is 1. The Morgan fingerprint density at radius 1 is 1.15 bits per heavy atom. The Labute approximate surface area is 197 Å². The van der Waals surface area contributed by atoms with Crippen molar-refractivity contribution in [2.24, 2.45) is 5.92 Å². The largest absolute Gasteiger partial charge is 0.465 e. The summed E-state index contributed by atoms with van der Waals surface area (Å²) in [4.78, 5) is 37.5. The summed E-state index contributed by atoms with van der Waals surface area (Å²) in [5.74, 6) is 1.65. The molecule has 1 atom stereocenters. The highest BCUT2D eigenvalue weighted by atomic mass is 16.3. The van der Waals surface area contributed by atoms with Gasteiger partial charge in [0.05, 0.1) is 19.0 Å². The number of nitrogens with zero attached hydrogens (tertiary/aromatic N) is 4. The summed E-state index contributed by atoms with van der Waals surface area (Å²) in [5, 5.41) is 2.97. The first-order valence-corrected chi connectivity index (χ1v) is 11.6. The summed E-state index contributed by atoms with van der Waals surface area (Å²) in [6, 6.07) is 17.3. The Morgan fingerprint density at radius 2 is 2.00 bits per heavy atom. The Kier molecular flexibility index (Phi) is 6.12. The summed E-state index contributed by atoms with van der Waals surface area (Å²) in [5.41, 5.74) is 2.04. The molecule has 0 radical (unpaired) electrons. The molecule has 1 saturated heterocycles. The minimum absolute atomic E-state index is 0.0363. The molecule has 34 heavy (non-hydrogen) atoms. The van der Waals surface area contributed by atoms with Crippen LogP contribution < -0.4 is 15.8 Å². The molecule has 1 unspecified atom stereocenters. The monoisotopic (exact) mass is 457 g/mol. The number of pyridine rings is 1. The number of carbonyl (C=O) groups excluding carboxylic acids is 1. The van der Waals surface area contributed by atoms with Gasteiger partial charge in [-0.3, -0.25) is 14.2 Å². The van der Waals surface area contributed by atoms with Crippen molar-refractivity contribution >= 4 is 22.9 Å². The minimum Gasteiger partial charge on any atom is -0.465 e. The van der Waals surface area contributed by atoms with E-state index in [2.05, 4.69) is 15.3 Å². The lowest BCUT2D eigenvalue weighted by molar-refractivity contribution is -0.125. The van der Waals surface area contributed by atoms with E-state index in [-0.39, 0.29) is 17.4 Å². The Bertz CT molecular complexity index is 1360. The van der Waals surface area contributed by atoms with Gasteiger partial charge in [-0.25, -0.2) is 9.97 Å². The maximum atomic E-state index is 13.6. The van der Waals surface area contributed by atoms with Gasteiger partial charge in [0.15, 0.2) is 11.5 Å². The highest BCUT2D eigenvalue weighted by Gasteiger charge is 2.29. The molecule has 0 bridgehead atoms. The number of hydrogen-bond acceptors (Lipinski definition) is 6. The van der Waals surface area contributed by atoms with Gasteiger partial charge in [-0.15, -0.1) is 0 Å². The number of amides is 1. The molecular formula is C26H27N5O3. The van der Waals surface area contributed by atoms with E-state index in [9.17, 15) is 9.59 Å². The SMILES string of the molecule is Cc1ccc(CNC(=O)C2CCCN(c3nc4cccnc4n(Cc4ccccc4)c3=O)C2)o1. The van der Waals surface area contributed by atoms with Gasteiger partial charge >= 0.3 is 0 Å². The third kappa shape index (κ3) is 4.57. The third-order valence-corrected chi connectivity index (χ3v) is 6.19. The van der Waals surface area contributed by atoms with Crippen LogP contribution in [0.4, 0.5) is 5.82 Å². The highest BCUT2D eigenvalue weighted by molar-refractivity contribution is 5.79. The lowest BCUT2D eigenvalue weighted by atomic mass is 9.97. The first kappa shape index (κ1) is 21.9. The average Bonchev–Trinajstić information content (AvgIpc) is 3.30. The number of benzene rings is 1. The van der Waals surface area contributed by atoms with Crippen molar-refractivity contribution in [3.63, 3.8) is 0 Å². The fraction of sp³-hybridized carbons (Fsp3) is 0.308. The number of furan rings is 1. The van der Waals surface area contributed by atoms with E-state index in [4.69, 9.17) is 4.42 Å². The van der Waals surface area contributed by atoms with E-state index >= 15 is 0 Å². The summed E-state index contributed by atoms with van der Waals surface area (Å²) < 4.78 is 7.22. The van der Waals surface area contributed by atoms with Crippen LogP contribution in [-0.4, -0.2) is 33.5 Å². The summed E-state index contributed by atoms with van der Waals surface area (Å²) >= 11 is 0. The summed E-state index contributed by atoms with van der Waals surface area (Å²) in [6.45, 7) is 3.76. The normalized spacial score (nSPS) is 16.0. The fourth-order valence-corrected chi connectivity index (χ4v) is 4.46. The maximum Gasteiger partial charge on any atom is 0.295 e. The number of nitrogens with one attached hydrogen (secondary N) is 1. The number of anilines is 1. The molecular weight excluding hydrogens is 430 g/mol. The molecule has 1 amide bonds. The summed E-state index contributed by atoms with van der Waals surface area (Å²) in [7, 11) is 0. The van der Waals surface area contributed by atoms with E-state index in [0.717, 1.165) is 29.9 Å². The number of carbonyl (C=O) groups is 1. The molecule has 0 spiro atoms.